The Morgan fingerprint density at radius 2 is 1.61 bits per heavy atom. The molecule has 6 nitrogen and oxygen atoms in total. The fourth-order valence-electron chi connectivity index (χ4n) is 3.78. The van der Waals surface area contributed by atoms with E-state index in [4.69, 9.17) is 9.47 Å². The van der Waals surface area contributed by atoms with E-state index in [9.17, 15) is 9.59 Å². The molecule has 0 saturated heterocycles. The molecule has 0 bridgehead atoms. The molecule has 2 amide bonds. The Labute approximate surface area is 198 Å². The summed E-state index contributed by atoms with van der Waals surface area (Å²) in [6.45, 7) is 8.29. The lowest BCUT2D eigenvalue weighted by Crippen LogP contribution is -2.54. The first-order chi connectivity index (χ1) is 15.7. The van der Waals surface area contributed by atoms with E-state index in [1.165, 1.54) is 0 Å². The predicted molar refractivity (Wildman–Crippen MR) is 132 cm³/mol. The summed E-state index contributed by atoms with van der Waals surface area (Å²) in [5, 5.41) is 3.04. The highest BCUT2D eigenvalue weighted by molar-refractivity contribution is 5.88. The summed E-state index contributed by atoms with van der Waals surface area (Å²) in [4.78, 5) is 28.2. The van der Waals surface area contributed by atoms with E-state index in [1.54, 1.807) is 19.1 Å². The minimum Gasteiger partial charge on any atom is -0.493 e. The zero-order valence-electron chi connectivity index (χ0n) is 20.8. The summed E-state index contributed by atoms with van der Waals surface area (Å²) < 4.78 is 10.7. The van der Waals surface area contributed by atoms with Crippen molar-refractivity contribution >= 4 is 11.8 Å². The van der Waals surface area contributed by atoms with Gasteiger partial charge in [0.15, 0.2) is 11.5 Å². The van der Waals surface area contributed by atoms with Crippen LogP contribution < -0.4 is 14.8 Å². The first-order valence-electron chi connectivity index (χ1n) is 11.5. The maximum atomic E-state index is 13.4. The molecule has 1 atom stereocenters. The summed E-state index contributed by atoms with van der Waals surface area (Å²) in [5.41, 5.74) is 1.76. The molecule has 0 saturated carbocycles. The largest absolute Gasteiger partial charge is 0.493 e. The van der Waals surface area contributed by atoms with Crippen LogP contribution in [0.5, 0.6) is 11.5 Å². The highest BCUT2D eigenvalue weighted by Gasteiger charge is 2.30. The van der Waals surface area contributed by atoms with Crippen LogP contribution in [-0.2, 0) is 22.4 Å². The van der Waals surface area contributed by atoms with Gasteiger partial charge in [-0.15, -0.1) is 0 Å². The standard InChI is InChI=1S/C27H38N2O4/c1-7-22(26(31)28-27(2,3)4)29(18-17-20-11-9-8-10-12-20)25(30)16-14-21-13-15-23(32-5)24(19-21)33-6/h8-13,15,19,22H,7,14,16-18H2,1-6H3,(H,28,31)/t22-/m0/s1. The number of benzene rings is 2. The van der Waals surface area contributed by atoms with Crippen LogP contribution in [0.3, 0.4) is 0 Å². The van der Waals surface area contributed by atoms with E-state index >= 15 is 0 Å². The minimum atomic E-state index is -0.508. The van der Waals surface area contributed by atoms with E-state index in [1.807, 2.05) is 76.2 Å². The molecule has 0 aromatic heterocycles. The molecule has 2 rings (SSSR count). The van der Waals surface area contributed by atoms with Crippen LogP contribution in [0.15, 0.2) is 48.5 Å². The molecule has 0 aliphatic carbocycles. The van der Waals surface area contributed by atoms with Gasteiger partial charge in [-0.2, -0.15) is 0 Å². The van der Waals surface area contributed by atoms with Gasteiger partial charge in [-0.1, -0.05) is 43.3 Å². The van der Waals surface area contributed by atoms with Gasteiger partial charge < -0.3 is 19.7 Å². The molecule has 6 heteroatoms. The first kappa shape index (κ1) is 26.2. The molecule has 0 aliphatic rings. The normalized spacial score (nSPS) is 12.1. The van der Waals surface area contributed by atoms with Gasteiger partial charge in [0, 0.05) is 18.5 Å². The fraction of sp³-hybridized carbons (Fsp3) is 0.481. The van der Waals surface area contributed by atoms with Gasteiger partial charge in [0.05, 0.1) is 14.2 Å². The molecular weight excluding hydrogens is 416 g/mol. The number of nitrogens with zero attached hydrogens (tertiary/aromatic N) is 1. The number of methoxy groups -OCH3 is 2. The molecule has 180 valence electrons. The smallest absolute Gasteiger partial charge is 0.243 e. The third-order valence-electron chi connectivity index (χ3n) is 5.44. The van der Waals surface area contributed by atoms with Gasteiger partial charge in [-0.25, -0.2) is 0 Å². The van der Waals surface area contributed by atoms with Crippen LogP contribution in [0, 0.1) is 0 Å². The lowest BCUT2D eigenvalue weighted by atomic mass is 10.0. The van der Waals surface area contributed by atoms with E-state index in [0.29, 0.717) is 43.7 Å². The summed E-state index contributed by atoms with van der Waals surface area (Å²) >= 11 is 0. The van der Waals surface area contributed by atoms with Gasteiger partial charge in [-0.3, -0.25) is 9.59 Å². The van der Waals surface area contributed by atoms with Gasteiger partial charge in [-0.05, 0) is 63.3 Å². The van der Waals surface area contributed by atoms with Crippen molar-refractivity contribution in [2.45, 2.75) is 65.0 Å². The van der Waals surface area contributed by atoms with Crippen LogP contribution in [0.1, 0.15) is 51.7 Å². The number of rotatable bonds is 11. The highest BCUT2D eigenvalue weighted by Crippen LogP contribution is 2.28. The second kappa shape index (κ2) is 12.3. The van der Waals surface area contributed by atoms with Crippen LogP contribution in [0.4, 0.5) is 0 Å². The second-order valence-corrected chi connectivity index (χ2v) is 9.18. The summed E-state index contributed by atoms with van der Waals surface area (Å²) in [7, 11) is 3.19. The molecule has 0 heterocycles. The molecular formula is C27H38N2O4. The van der Waals surface area contributed by atoms with Crippen molar-refractivity contribution in [1.29, 1.82) is 0 Å². The lowest BCUT2D eigenvalue weighted by Gasteiger charge is -2.33. The zero-order valence-corrected chi connectivity index (χ0v) is 20.8. The molecule has 2 aromatic rings. The fourth-order valence-corrected chi connectivity index (χ4v) is 3.78. The van der Waals surface area contributed by atoms with Crippen LogP contribution in [-0.4, -0.2) is 49.1 Å². The average molecular weight is 455 g/mol. The maximum absolute atomic E-state index is 13.4. The Bertz CT molecular complexity index is 906. The zero-order chi connectivity index (χ0) is 24.4. The topological polar surface area (TPSA) is 67.9 Å². The van der Waals surface area contributed by atoms with Crippen LogP contribution >= 0.6 is 0 Å². The number of carbonyl (C=O) groups excluding carboxylic acids is 2. The third-order valence-corrected chi connectivity index (χ3v) is 5.44. The molecule has 0 spiro atoms. The highest BCUT2D eigenvalue weighted by atomic mass is 16.5. The number of ether oxygens (including phenoxy) is 2. The number of nitrogens with one attached hydrogen (secondary N) is 1. The summed E-state index contributed by atoms with van der Waals surface area (Å²) in [6, 6.07) is 15.2. The van der Waals surface area contributed by atoms with E-state index in [-0.39, 0.29) is 17.4 Å². The second-order valence-electron chi connectivity index (χ2n) is 9.18. The van der Waals surface area contributed by atoms with Crippen LogP contribution in [0.25, 0.3) is 0 Å². The number of carbonyl (C=O) groups is 2. The van der Waals surface area contributed by atoms with Crippen molar-refractivity contribution in [3.63, 3.8) is 0 Å². The summed E-state index contributed by atoms with van der Waals surface area (Å²) in [5.74, 6) is 1.15. The van der Waals surface area contributed by atoms with Crippen molar-refractivity contribution < 1.29 is 19.1 Å². The maximum Gasteiger partial charge on any atom is 0.243 e. The van der Waals surface area contributed by atoms with Gasteiger partial charge in [0.2, 0.25) is 11.8 Å². The van der Waals surface area contributed by atoms with Crippen molar-refractivity contribution in [2.24, 2.45) is 0 Å². The van der Waals surface area contributed by atoms with E-state index in [0.717, 1.165) is 11.1 Å². The Balaban J connectivity index is 2.18. The monoisotopic (exact) mass is 454 g/mol. The number of aryl methyl sites for hydroxylation is 1. The average Bonchev–Trinajstić information content (AvgIpc) is 2.79. The number of hydrogen-bond acceptors (Lipinski definition) is 4. The van der Waals surface area contributed by atoms with Gasteiger partial charge in [0.25, 0.3) is 0 Å². The Kier molecular flexibility index (Phi) is 9.76. The molecule has 33 heavy (non-hydrogen) atoms. The SMILES string of the molecule is CC[C@@H](C(=O)NC(C)(C)C)N(CCc1ccccc1)C(=O)CCc1ccc(OC)c(OC)c1. The Morgan fingerprint density at radius 3 is 2.18 bits per heavy atom. The predicted octanol–water partition coefficient (Wildman–Crippen LogP) is 4.40. The van der Waals surface area contributed by atoms with Gasteiger partial charge in [0.1, 0.15) is 6.04 Å². The number of amides is 2. The molecule has 2 aromatic carbocycles. The molecule has 0 fully saturated rings. The van der Waals surface area contributed by atoms with Crippen molar-refractivity contribution in [3.8, 4) is 11.5 Å². The van der Waals surface area contributed by atoms with E-state index in [2.05, 4.69) is 5.32 Å². The van der Waals surface area contributed by atoms with Crippen molar-refractivity contribution in [1.82, 2.24) is 10.2 Å². The van der Waals surface area contributed by atoms with Gasteiger partial charge >= 0.3 is 0 Å². The quantitative estimate of drug-likeness (QED) is 0.546. The van der Waals surface area contributed by atoms with Crippen LogP contribution in [0.2, 0.25) is 0 Å². The van der Waals surface area contributed by atoms with Crippen molar-refractivity contribution in [2.75, 3.05) is 20.8 Å². The Hall–Kier alpha value is -3.02. The van der Waals surface area contributed by atoms with E-state index < -0.39 is 6.04 Å². The molecule has 0 aliphatic heterocycles. The molecule has 1 N–H and O–H groups in total. The first-order valence-corrected chi connectivity index (χ1v) is 11.5. The molecule has 0 radical (unpaired) electrons. The minimum absolute atomic E-state index is 0.0309. The summed E-state index contributed by atoms with van der Waals surface area (Å²) in [6.07, 6.45) is 2.11. The molecule has 0 unspecified atom stereocenters. The van der Waals surface area contributed by atoms with Crippen molar-refractivity contribution in [3.05, 3.63) is 59.7 Å². The Morgan fingerprint density at radius 1 is 0.939 bits per heavy atom. The number of hydrogen-bond donors (Lipinski definition) is 1. The third kappa shape index (κ3) is 8.12. The lowest BCUT2D eigenvalue weighted by molar-refractivity contribution is -0.141.